The number of hydrogen-bond donors (Lipinski definition) is 2. The van der Waals surface area contributed by atoms with Gasteiger partial charge in [0.05, 0.1) is 22.8 Å². The molecule has 0 radical (unpaired) electrons. The molecule has 1 fully saturated rings. The summed E-state index contributed by atoms with van der Waals surface area (Å²) in [6.45, 7) is 3.32. The zero-order valence-corrected chi connectivity index (χ0v) is 18.5. The minimum Gasteiger partial charge on any atom is -0.490 e. The van der Waals surface area contributed by atoms with Gasteiger partial charge in [0.25, 0.3) is 11.8 Å². The van der Waals surface area contributed by atoms with E-state index in [0.717, 1.165) is 25.7 Å². The van der Waals surface area contributed by atoms with Crippen LogP contribution in [0.15, 0.2) is 42.5 Å². The summed E-state index contributed by atoms with van der Waals surface area (Å²) in [7, 11) is 0. The van der Waals surface area contributed by atoms with E-state index in [-0.39, 0.29) is 17.9 Å². The van der Waals surface area contributed by atoms with E-state index in [4.69, 9.17) is 21.1 Å². The summed E-state index contributed by atoms with van der Waals surface area (Å²) in [6.07, 6.45) is 5.44. The SMILES string of the molecule is CCOCCOc1ccccc1C(=O)Nc1ccc(Cl)c(C(=O)NC2CCCCC2)c1. The molecule has 2 aromatic rings. The lowest BCUT2D eigenvalue weighted by Crippen LogP contribution is -2.36. The third-order valence-electron chi connectivity index (χ3n) is 5.23. The monoisotopic (exact) mass is 444 g/mol. The topological polar surface area (TPSA) is 76.7 Å². The van der Waals surface area contributed by atoms with E-state index in [9.17, 15) is 9.59 Å². The van der Waals surface area contributed by atoms with Gasteiger partial charge in [-0.1, -0.05) is 43.0 Å². The number of para-hydroxylation sites is 1. The van der Waals surface area contributed by atoms with Crippen LogP contribution in [0.4, 0.5) is 5.69 Å². The Morgan fingerprint density at radius 3 is 2.55 bits per heavy atom. The molecular weight excluding hydrogens is 416 g/mol. The fourth-order valence-corrected chi connectivity index (χ4v) is 3.82. The van der Waals surface area contributed by atoms with Gasteiger partial charge in [-0.05, 0) is 50.1 Å². The van der Waals surface area contributed by atoms with Crippen LogP contribution in [-0.4, -0.2) is 37.7 Å². The van der Waals surface area contributed by atoms with Gasteiger partial charge in [-0.25, -0.2) is 0 Å². The highest BCUT2D eigenvalue weighted by atomic mass is 35.5. The number of carbonyl (C=O) groups excluding carboxylic acids is 2. The van der Waals surface area contributed by atoms with Crippen molar-refractivity contribution < 1.29 is 19.1 Å². The lowest BCUT2D eigenvalue weighted by Gasteiger charge is -2.23. The van der Waals surface area contributed by atoms with Crippen molar-refractivity contribution >= 4 is 29.1 Å². The van der Waals surface area contributed by atoms with Crippen molar-refractivity contribution in [1.29, 1.82) is 0 Å². The van der Waals surface area contributed by atoms with E-state index in [1.807, 2.05) is 13.0 Å². The number of anilines is 1. The number of rotatable bonds is 9. The molecule has 1 saturated carbocycles. The average Bonchev–Trinajstić information content (AvgIpc) is 2.79. The molecule has 166 valence electrons. The van der Waals surface area contributed by atoms with Gasteiger partial charge in [0.15, 0.2) is 0 Å². The fraction of sp³-hybridized carbons (Fsp3) is 0.417. The van der Waals surface area contributed by atoms with Gasteiger partial charge in [0, 0.05) is 18.3 Å². The number of carbonyl (C=O) groups is 2. The molecule has 0 saturated heterocycles. The zero-order valence-electron chi connectivity index (χ0n) is 17.8. The summed E-state index contributed by atoms with van der Waals surface area (Å²) in [4.78, 5) is 25.6. The van der Waals surface area contributed by atoms with Crippen LogP contribution in [0.3, 0.4) is 0 Å². The smallest absolute Gasteiger partial charge is 0.259 e. The van der Waals surface area contributed by atoms with Crippen molar-refractivity contribution in [3.63, 3.8) is 0 Å². The Hall–Kier alpha value is -2.57. The van der Waals surface area contributed by atoms with Crippen LogP contribution < -0.4 is 15.4 Å². The lowest BCUT2D eigenvalue weighted by atomic mass is 9.95. The number of nitrogens with one attached hydrogen (secondary N) is 2. The van der Waals surface area contributed by atoms with E-state index in [1.54, 1.807) is 36.4 Å². The van der Waals surface area contributed by atoms with Crippen molar-refractivity contribution in [2.24, 2.45) is 0 Å². The first-order valence-corrected chi connectivity index (χ1v) is 11.2. The van der Waals surface area contributed by atoms with Crippen LogP contribution >= 0.6 is 11.6 Å². The molecule has 0 aliphatic heterocycles. The highest BCUT2D eigenvalue weighted by molar-refractivity contribution is 6.34. The van der Waals surface area contributed by atoms with Crippen LogP contribution in [0.2, 0.25) is 5.02 Å². The summed E-state index contributed by atoms with van der Waals surface area (Å²) in [6, 6.07) is 12.1. The number of benzene rings is 2. The van der Waals surface area contributed by atoms with Gasteiger partial charge in [0.1, 0.15) is 12.4 Å². The number of amides is 2. The van der Waals surface area contributed by atoms with Crippen LogP contribution in [-0.2, 0) is 4.74 Å². The maximum absolute atomic E-state index is 12.9. The Morgan fingerprint density at radius 1 is 1.00 bits per heavy atom. The predicted molar refractivity (Wildman–Crippen MR) is 122 cm³/mol. The Balaban J connectivity index is 1.68. The Kier molecular flexibility index (Phi) is 8.74. The maximum Gasteiger partial charge on any atom is 0.259 e. The molecule has 2 N–H and O–H groups in total. The molecule has 0 unspecified atom stereocenters. The highest BCUT2D eigenvalue weighted by Crippen LogP contribution is 2.24. The van der Waals surface area contributed by atoms with Crippen molar-refractivity contribution in [2.45, 2.75) is 45.1 Å². The van der Waals surface area contributed by atoms with Gasteiger partial charge < -0.3 is 20.1 Å². The van der Waals surface area contributed by atoms with Gasteiger partial charge in [-0.3, -0.25) is 9.59 Å². The third-order valence-corrected chi connectivity index (χ3v) is 5.56. The first-order valence-electron chi connectivity index (χ1n) is 10.8. The van der Waals surface area contributed by atoms with Crippen LogP contribution in [0.25, 0.3) is 0 Å². The summed E-state index contributed by atoms with van der Waals surface area (Å²) >= 11 is 6.27. The Labute approximate surface area is 188 Å². The summed E-state index contributed by atoms with van der Waals surface area (Å²) in [5.41, 5.74) is 1.25. The largest absolute Gasteiger partial charge is 0.490 e. The summed E-state index contributed by atoms with van der Waals surface area (Å²) in [5, 5.41) is 6.25. The second kappa shape index (κ2) is 11.7. The number of ether oxygens (including phenoxy) is 2. The lowest BCUT2D eigenvalue weighted by molar-refractivity contribution is 0.0926. The molecular formula is C24H29ClN2O4. The van der Waals surface area contributed by atoms with E-state index >= 15 is 0 Å². The van der Waals surface area contributed by atoms with Crippen molar-refractivity contribution in [3.8, 4) is 5.75 Å². The first-order chi connectivity index (χ1) is 15.1. The standard InChI is InChI=1S/C24H29ClN2O4/c1-2-30-14-15-31-22-11-7-6-10-19(22)23(28)27-18-12-13-21(25)20(16-18)24(29)26-17-8-4-3-5-9-17/h6-7,10-13,16-17H,2-5,8-9,14-15H2,1H3,(H,26,29)(H,27,28). The minimum absolute atomic E-state index is 0.177. The molecule has 0 atom stereocenters. The van der Waals surface area contributed by atoms with Crippen molar-refractivity contribution in [1.82, 2.24) is 5.32 Å². The van der Waals surface area contributed by atoms with Crippen LogP contribution in [0.5, 0.6) is 5.75 Å². The normalized spacial score (nSPS) is 14.1. The van der Waals surface area contributed by atoms with Gasteiger partial charge in [-0.2, -0.15) is 0 Å². The molecule has 31 heavy (non-hydrogen) atoms. The molecule has 0 aromatic heterocycles. The van der Waals surface area contributed by atoms with Crippen molar-refractivity contribution in [3.05, 3.63) is 58.6 Å². The van der Waals surface area contributed by atoms with Gasteiger partial charge in [-0.15, -0.1) is 0 Å². The molecule has 2 aromatic carbocycles. The van der Waals surface area contributed by atoms with Crippen LogP contribution in [0.1, 0.15) is 59.7 Å². The maximum atomic E-state index is 12.9. The highest BCUT2D eigenvalue weighted by Gasteiger charge is 2.19. The molecule has 1 aliphatic carbocycles. The van der Waals surface area contributed by atoms with Gasteiger partial charge in [0.2, 0.25) is 0 Å². The van der Waals surface area contributed by atoms with Crippen molar-refractivity contribution in [2.75, 3.05) is 25.1 Å². The molecule has 7 heteroatoms. The molecule has 6 nitrogen and oxygen atoms in total. The summed E-state index contributed by atoms with van der Waals surface area (Å²) < 4.78 is 11.0. The zero-order chi connectivity index (χ0) is 22.1. The molecule has 3 rings (SSSR count). The van der Waals surface area contributed by atoms with Crippen LogP contribution in [0, 0.1) is 0 Å². The first kappa shape index (κ1) is 23.1. The summed E-state index contributed by atoms with van der Waals surface area (Å²) in [5.74, 6) is -0.0652. The van der Waals surface area contributed by atoms with E-state index in [0.29, 0.717) is 47.4 Å². The average molecular weight is 445 g/mol. The third kappa shape index (κ3) is 6.71. The fourth-order valence-electron chi connectivity index (χ4n) is 3.62. The molecule has 0 heterocycles. The predicted octanol–water partition coefficient (Wildman–Crippen LogP) is 5.07. The quantitative estimate of drug-likeness (QED) is 0.529. The van der Waals surface area contributed by atoms with E-state index in [2.05, 4.69) is 10.6 Å². The molecule has 2 amide bonds. The van der Waals surface area contributed by atoms with E-state index in [1.165, 1.54) is 6.42 Å². The number of hydrogen-bond acceptors (Lipinski definition) is 4. The second-order valence-corrected chi connectivity index (χ2v) is 7.91. The molecule has 0 bridgehead atoms. The Morgan fingerprint density at radius 2 is 1.77 bits per heavy atom. The Bertz CT molecular complexity index is 897. The minimum atomic E-state index is -0.326. The van der Waals surface area contributed by atoms with E-state index < -0.39 is 0 Å². The number of halogens is 1. The van der Waals surface area contributed by atoms with Gasteiger partial charge >= 0.3 is 0 Å². The second-order valence-electron chi connectivity index (χ2n) is 7.50. The molecule has 0 spiro atoms. The molecule has 1 aliphatic rings.